The lowest BCUT2D eigenvalue weighted by Gasteiger charge is -2.36. The van der Waals surface area contributed by atoms with Gasteiger partial charge in [0.1, 0.15) is 5.75 Å². The number of amides is 2. The van der Waals surface area contributed by atoms with Gasteiger partial charge in [-0.3, -0.25) is 9.59 Å². The fourth-order valence-electron chi connectivity index (χ4n) is 3.93. The molecule has 6 heteroatoms. The summed E-state index contributed by atoms with van der Waals surface area (Å²) in [7, 11) is 1.58. The van der Waals surface area contributed by atoms with Crippen molar-refractivity contribution >= 4 is 34.0 Å². The van der Waals surface area contributed by atoms with Gasteiger partial charge in [-0.2, -0.15) is 0 Å². The number of anilines is 2. The average molecular weight is 403 g/mol. The Hall–Kier alpha value is -3.54. The molecule has 154 valence electrons. The lowest BCUT2D eigenvalue weighted by molar-refractivity contribution is -0.127. The molecule has 0 fully saturated rings. The molecule has 0 bridgehead atoms. The van der Waals surface area contributed by atoms with E-state index < -0.39 is 6.10 Å². The molecule has 1 N–H and O–H groups in total. The molecule has 1 aliphatic rings. The van der Waals surface area contributed by atoms with Crippen molar-refractivity contribution in [2.24, 2.45) is 0 Å². The van der Waals surface area contributed by atoms with Crippen molar-refractivity contribution in [2.45, 2.75) is 13.0 Å². The number of carbonyl (C=O) groups is 2. The third kappa shape index (κ3) is 3.68. The van der Waals surface area contributed by atoms with E-state index in [-0.39, 0.29) is 18.4 Å². The number of rotatable bonds is 5. The van der Waals surface area contributed by atoms with Crippen molar-refractivity contribution < 1.29 is 14.3 Å². The normalized spacial score (nSPS) is 15.3. The van der Waals surface area contributed by atoms with E-state index >= 15 is 0 Å². The smallest absolute Gasteiger partial charge is 0.262 e. The Morgan fingerprint density at radius 1 is 1.07 bits per heavy atom. The van der Waals surface area contributed by atoms with Crippen molar-refractivity contribution in [1.82, 2.24) is 5.32 Å². The van der Waals surface area contributed by atoms with E-state index in [1.165, 1.54) is 0 Å². The van der Waals surface area contributed by atoms with Gasteiger partial charge in [-0.05, 0) is 30.5 Å². The van der Waals surface area contributed by atoms with Gasteiger partial charge in [-0.25, -0.2) is 0 Å². The summed E-state index contributed by atoms with van der Waals surface area (Å²) in [5.74, 6) is 0.378. The van der Waals surface area contributed by atoms with Crippen LogP contribution in [0.3, 0.4) is 0 Å². The maximum absolute atomic E-state index is 13.4. The SMILES string of the molecule is CCN(C(=O)CN1CC(C(=O)NC)Oc2ccccc21)c1cccc2ccccc12. The fraction of sp³-hybridized carbons (Fsp3) is 0.250. The number of benzene rings is 3. The van der Waals surface area contributed by atoms with Crippen LogP contribution in [0.25, 0.3) is 10.8 Å². The highest BCUT2D eigenvalue weighted by Gasteiger charge is 2.32. The van der Waals surface area contributed by atoms with Crippen LogP contribution < -0.4 is 19.9 Å². The average Bonchev–Trinajstić information content (AvgIpc) is 2.79. The predicted molar refractivity (Wildman–Crippen MR) is 119 cm³/mol. The number of para-hydroxylation sites is 2. The lowest BCUT2D eigenvalue weighted by Crippen LogP contribution is -2.51. The first-order valence-electron chi connectivity index (χ1n) is 10.1. The first kappa shape index (κ1) is 19.8. The minimum absolute atomic E-state index is 0.0267. The van der Waals surface area contributed by atoms with Crippen LogP contribution in [0, 0.1) is 0 Å². The van der Waals surface area contributed by atoms with Gasteiger partial charge >= 0.3 is 0 Å². The van der Waals surface area contributed by atoms with Crippen LogP contribution in [-0.4, -0.2) is 44.6 Å². The zero-order valence-electron chi connectivity index (χ0n) is 17.2. The maximum atomic E-state index is 13.4. The molecule has 6 nitrogen and oxygen atoms in total. The van der Waals surface area contributed by atoms with Crippen LogP contribution in [-0.2, 0) is 9.59 Å². The zero-order valence-corrected chi connectivity index (χ0v) is 17.2. The third-order valence-corrected chi connectivity index (χ3v) is 5.40. The van der Waals surface area contributed by atoms with Crippen LogP contribution >= 0.6 is 0 Å². The topological polar surface area (TPSA) is 61.9 Å². The first-order chi connectivity index (χ1) is 14.6. The van der Waals surface area contributed by atoms with E-state index in [2.05, 4.69) is 5.32 Å². The molecule has 0 aliphatic carbocycles. The highest BCUT2D eigenvalue weighted by Crippen LogP contribution is 2.33. The molecule has 1 aliphatic heterocycles. The standard InChI is InChI=1S/C24H25N3O3/c1-3-27(19-13-8-10-17-9-4-5-11-18(17)19)23(28)16-26-15-22(24(29)25-2)30-21-14-7-6-12-20(21)26/h4-14,22H,3,15-16H2,1-2H3,(H,25,29). The third-order valence-electron chi connectivity index (χ3n) is 5.40. The number of nitrogens with one attached hydrogen (secondary N) is 1. The van der Waals surface area contributed by atoms with Crippen molar-refractivity contribution in [3.63, 3.8) is 0 Å². The van der Waals surface area contributed by atoms with E-state index in [9.17, 15) is 9.59 Å². The second-order valence-electron chi connectivity index (χ2n) is 7.21. The Labute approximate surface area is 176 Å². The number of likely N-dealkylation sites (N-methyl/N-ethyl adjacent to an activating group) is 2. The number of nitrogens with zero attached hydrogens (tertiary/aromatic N) is 2. The van der Waals surface area contributed by atoms with Crippen LogP contribution in [0.5, 0.6) is 5.75 Å². The Kier molecular flexibility index (Phi) is 5.57. The molecule has 30 heavy (non-hydrogen) atoms. The molecule has 0 aromatic heterocycles. The van der Waals surface area contributed by atoms with E-state index in [1.807, 2.05) is 78.6 Å². The van der Waals surface area contributed by atoms with Crippen LogP contribution in [0.15, 0.2) is 66.7 Å². The summed E-state index contributed by atoms with van der Waals surface area (Å²) in [4.78, 5) is 29.3. The fourth-order valence-corrected chi connectivity index (χ4v) is 3.93. The van der Waals surface area contributed by atoms with Gasteiger partial charge in [0, 0.05) is 19.0 Å². The molecule has 0 saturated heterocycles. The lowest BCUT2D eigenvalue weighted by atomic mass is 10.1. The molecule has 1 unspecified atom stereocenters. The minimum atomic E-state index is -0.662. The van der Waals surface area contributed by atoms with Crippen LogP contribution in [0.1, 0.15) is 6.92 Å². The van der Waals surface area contributed by atoms with Gasteiger partial charge in [0.2, 0.25) is 5.91 Å². The molecule has 1 atom stereocenters. The largest absolute Gasteiger partial charge is 0.477 e. The Bertz CT molecular complexity index is 1080. The second-order valence-corrected chi connectivity index (χ2v) is 7.21. The minimum Gasteiger partial charge on any atom is -0.477 e. The molecule has 0 radical (unpaired) electrons. The van der Waals surface area contributed by atoms with Crippen LogP contribution in [0.4, 0.5) is 11.4 Å². The van der Waals surface area contributed by atoms with Crippen molar-refractivity contribution in [1.29, 1.82) is 0 Å². The van der Waals surface area contributed by atoms with Gasteiger partial charge < -0.3 is 19.9 Å². The monoisotopic (exact) mass is 403 g/mol. The Morgan fingerprint density at radius 3 is 2.60 bits per heavy atom. The van der Waals surface area contributed by atoms with E-state index in [1.54, 1.807) is 11.9 Å². The van der Waals surface area contributed by atoms with Gasteiger partial charge in [0.25, 0.3) is 5.91 Å². The second kappa shape index (κ2) is 8.45. The maximum Gasteiger partial charge on any atom is 0.262 e. The highest BCUT2D eigenvalue weighted by atomic mass is 16.5. The molecule has 1 heterocycles. The summed E-state index contributed by atoms with van der Waals surface area (Å²) < 4.78 is 5.85. The summed E-state index contributed by atoms with van der Waals surface area (Å²) in [6.45, 7) is 3.00. The highest BCUT2D eigenvalue weighted by molar-refractivity contribution is 6.05. The number of hydrogen-bond acceptors (Lipinski definition) is 4. The van der Waals surface area contributed by atoms with Crippen LogP contribution in [0.2, 0.25) is 0 Å². The van der Waals surface area contributed by atoms with Crippen molar-refractivity contribution in [3.05, 3.63) is 66.7 Å². The summed E-state index contributed by atoms with van der Waals surface area (Å²) in [6.07, 6.45) is -0.662. The van der Waals surface area contributed by atoms with Gasteiger partial charge in [0.05, 0.1) is 24.5 Å². The summed E-state index contributed by atoms with van der Waals surface area (Å²) in [6, 6.07) is 21.6. The molecule has 4 rings (SSSR count). The molecule has 2 amide bonds. The van der Waals surface area contributed by atoms with Crippen molar-refractivity contribution in [3.8, 4) is 5.75 Å². The number of carbonyl (C=O) groups excluding carboxylic acids is 2. The van der Waals surface area contributed by atoms with Crippen molar-refractivity contribution in [2.75, 3.05) is 36.5 Å². The van der Waals surface area contributed by atoms with E-state index in [0.29, 0.717) is 18.8 Å². The van der Waals surface area contributed by atoms with Gasteiger partial charge in [-0.1, -0.05) is 48.5 Å². The van der Waals surface area contributed by atoms with Gasteiger partial charge in [-0.15, -0.1) is 0 Å². The molecule has 0 spiro atoms. The van der Waals surface area contributed by atoms with E-state index in [0.717, 1.165) is 22.1 Å². The number of fused-ring (bicyclic) bond motifs is 2. The first-order valence-corrected chi connectivity index (χ1v) is 10.1. The summed E-state index contributed by atoms with van der Waals surface area (Å²) in [5.41, 5.74) is 1.71. The zero-order chi connectivity index (χ0) is 21.1. The van der Waals surface area contributed by atoms with Gasteiger partial charge in [0.15, 0.2) is 6.10 Å². The molecular formula is C24H25N3O3. The number of hydrogen-bond donors (Lipinski definition) is 1. The summed E-state index contributed by atoms with van der Waals surface area (Å²) >= 11 is 0. The molecular weight excluding hydrogens is 378 g/mol. The molecule has 3 aromatic carbocycles. The Balaban J connectivity index is 1.63. The molecule has 0 saturated carbocycles. The predicted octanol–water partition coefficient (Wildman–Crippen LogP) is 3.21. The summed E-state index contributed by atoms with van der Waals surface area (Å²) in [5, 5.41) is 4.77. The van der Waals surface area contributed by atoms with E-state index in [4.69, 9.17) is 4.74 Å². The Morgan fingerprint density at radius 2 is 1.80 bits per heavy atom. The quantitative estimate of drug-likeness (QED) is 0.711. The number of ether oxygens (including phenoxy) is 1. The molecule has 3 aromatic rings.